The van der Waals surface area contributed by atoms with E-state index in [0.29, 0.717) is 17.9 Å². The van der Waals surface area contributed by atoms with E-state index in [-0.39, 0.29) is 0 Å². The Morgan fingerprint density at radius 2 is 2.27 bits per heavy atom. The van der Waals surface area contributed by atoms with Crippen molar-refractivity contribution >= 4 is 5.97 Å². The highest BCUT2D eigenvalue weighted by Gasteiger charge is 1.98. The molecule has 0 heterocycles. The van der Waals surface area contributed by atoms with Gasteiger partial charge in [-0.3, -0.25) is 0 Å². The number of ether oxygens (including phenoxy) is 1. The number of hydrogen-bond donors (Lipinski definition) is 1. The lowest BCUT2D eigenvalue weighted by molar-refractivity contribution is -0.130. The summed E-state index contributed by atoms with van der Waals surface area (Å²) in [5, 5.41) is 8.41. The van der Waals surface area contributed by atoms with E-state index in [0.717, 1.165) is 0 Å². The number of benzene rings is 1. The van der Waals surface area contributed by atoms with Crippen LogP contribution < -0.4 is 4.74 Å². The van der Waals surface area contributed by atoms with Crippen molar-refractivity contribution in [3.8, 4) is 17.6 Å². The maximum absolute atomic E-state index is 10.3. The first-order chi connectivity index (χ1) is 7.24. The van der Waals surface area contributed by atoms with Gasteiger partial charge in [-0.05, 0) is 12.1 Å². The van der Waals surface area contributed by atoms with Gasteiger partial charge in [0, 0.05) is 5.92 Å². The molecule has 1 N–H and O–H groups in total. The molecule has 0 radical (unpaired) electrons. The lowest BCUT2D eigenvalue weighted by atomic mass is 10.2. The summed E-state index contributed by atoms with van der Waals surface area (Å²) in [5.74, 6) is 3.95. The Balaban J connectivity index is 2.92. The molecule has 0 amide bonds. The summed E-state index contributed by atoms with van der Waals surface area (Å²) in [4.78, 5) is 10.3. The van der Waals surface area contributed by atoms with Crippen molar-refractivity contribution in [3.05, 3.63) is 42.5 Å². The predicted molar refractivity (Wildman–Crippen MR) is 56.6 cm³/mol. The molecular formula is C12H10O3. The smallest absolute Gasteiger partial charge is 0.382 e. The molecule has 0 aromatic heterocycles. The maximum atomic E-state index is 10.3. The largest absolute Gasteiger partial charge is 0.488 e. The Hall–Kier alpha value is -2.21. The standard InChI is InChI=1S/C12H10O3/c1-2-9-15-11-6-4-3-5-10(11)7-8-12(13)14/h2-6H,1,9H2,(H,13,14). The SMILES string of the molecule is C=CCOc1ccccc1C#CC(=O)O. The third kappa shape index (κ3) is 3.57. The Bertz CT molecular complexity index is 424. The van der Waals surface area contributed by atoms with E-state index in [9.17, 15) is 4.79 Å². The molecule has 15 heavy (non-hydrogen) atoms. The van der Waals surface area contributed by atoms with Crippen LogP contribution in [0.4, 0.5) is 0 Å². The van der Waals surface area contributed by atoms with Crippen LogP contribution in [0, 0.1) is 11.8 Å². The van der Waals surface area contributed by atoms with E-state index in [1.165, 1.54) is 0 Å². The molecule has 0 aliphatic rings. The highest BCUT2D eigenvalue weighted by Crippen LogP contribution is 2.16. The van der Waals surface area contributed by atoms with E-state index in [4.69, 9.17) is 9.84 Å². The van der Waals surface area contributed by atoms with Gasteiger partial charge in [0.2, 0.25) is 0 Å². The van der Waals surface area contributed by atoms with Crippen LogP contribution in [-0.4, -0.2) is 17.7 Å². The molecule has 76 valence electrons. The number of para-hydroxylation sites is 1. The lowest BCUT2D eigenvalue weighted by Crippen LogP contribution is -1.95. The summed E-state index contributed by atoms with van der Waals surface area (Å²) in [5.41, 5.74) is 0.557. The minimum Gasteiger partial charge on any atom is -0.488 e. The molecular weight excluding hydrogens is 192 g/mol. The fourth-order valence-electron chi connectivity index (χ4n) is 0.965. The second-order valence-electron chi connectivity index (χ2n) is 2.65. The van der Waals surface area contributed by atoms with Gasteiger partial charge < -0.3 is 9.84 Å². The number of aliphatic carboxylic acids is 1. The maximum Gasteiger partial charge on any atom is 0.382 e. The molecule has 0 saturated carbocycles. The molecule has 0 saturated heterocycles. The Morgan fingerprint density at radius 3 is 2.93 bits per heavy atom. The number of carbonyl (C=O) groups is 1. The molecule has 0 atom stereocenters. The molecule has 0 aliphatic heterocycles. The summed E-state index contributed by atoms with van der Waals surface area (Å²) < 4.78 is 5.31. The van der Waals surface area contributed by atoms with Crippen LogP contribution in [0.2, 0.25) is 0 Å². The fraction of sp³-hybridized carbons (Fsp3) is 0.0833. The molecule has 1 aromatic rings. The van der Waals surface area contributed by atoms with Crippen LogP contribution in [0.3, 0.4) is 0 Å². The van der Waals surface area contributed by atoms with Crippen molar-refractivity contribution in [2.45, 2.75) is 0 Å². The summed E-state index contributed by atoms with van der Waals surface area (Å²) in [7, 11) is 0. The Labute approximate surface area is 88.0 Å². The zero-order valence-electron chi connectivity index (χ0n) is 8.06. The minimum absolute atomic E-state index is 0.367. The van der Waals surface area contributed by atoms with E-state index in [1.807, 2.05) is 5.92 Å². The van der Waals surface area contributed by atoms with Gasteiger partial charge in [0.05, 0.1) is 5.56 Å². The van der Waals surface area contributed by atoms with Crippen molar-refractivity contribution in [2.24, 2.45) is 0 Å². The second-order valence-corrected chi connectivity index (χ2v) is 2.65. The molecule has 0 unspecified atom stereocenters. The average molecular weight is 202 g/mol. The highest BCUT2D eigenvalue weighted by atomic mass is 16.5. The normalized spacial score (nSPS) is 8.53. The van der Waals surface area contributed by atoms with Crippen LogP contribution in [0.15, 0.2) is 36.9 Å². The van der Waals surface area contributed by atoms with Crippen molar-refractivity contribution in [3.63, 3.8) is 0 Å². The van der Waals surface area contributed by atoms with Crippen LogP contribution in [0.5, 0.6) is 5.75 Å². The van der Waals surface area contributed by atoms with E-state index in [1.54, 1.807) is 30.3 Å². The van der Waals surface area contributed by atoms with E-state index in [2.05, 4.69) is 12.5 Å². The van der Waals surface area contributed by atoms with E-state index < -0.39 is 5.97 Å². The van der Waals surface area contributed by atoms with Crippen molar-refractivity contribution < 1.29 is 14.6 Å². The van der Waals surface area contributed by atoms with Gasteiger partial charge in [-0.25, -0.2) is 4.79 Å². The topological polar surface area (TPSA) is 46.5 Å². The fourth-order valence-corrected chi connectivity index (χ4v) is 0.965. The van der Waals surface area contributed by atoms with Gasteiger partial charge in [0.15, 0.2) is 0 Å². The first-order valence-corrected chi connectivity index (χ1v) is 4.31. The molecule has 1 aromatic carbocycles. The minimum atomic E-state index is -1.16. The van der Waals surface area contributed by atoms with Crippen molar-refractivity contribution in [2.75, 3.05) is 6.61 Å². The molecule has 3 heteroatoms. The van der Waals surface area contributed by atoms with Gasteiger partial charge in [-0.2, -0.15) is 0 Å². The molecule has 1 rings (SSSR count). The number of carboxylic acid groups (broad SMARTS) is 1. The van der Waals surface area contributed by atoms with Crippen molar-refractivity contribution in [1.29, 1.82) is 0 Å². The number of carboxylic acids is 1. The first-order valence-electron chi connectivity index (χ1n) is 4.31. The molecule has 0 aliphatic carbocycles. The zero-order chi connectivity index (χ0) is 11.1. The first kappa shape index (κ1) is 10.9. The van der Waals surface area contributed by atoms with Gasteiger partial charge in [-0.15, -0.1) is 0 Å². The van der Waals surface area contributed by atoms with Crippen LogP contribution in [-0.2, 0) is 4.79 Å². The van der Waals surface area contributed by atoms with Crippen molar-refractivity contribution in [1.82, 2.24) is 0 Å². The summed E-state index contributed by atoms with van der Waals surface area (Å²) in [6.45, 7) is 3.89. The second kappa shape index (κ2) is 5.51. The third-order valence-corrected chi connectivity index (χ3v) is 1.55. The number of hydrogen-bond acceptors (Lipinski definition) is 2. The molecule has 0 bridgehead atoms. The van der Waals surface area contributed by atoms with Crippen LogP contribution in [0.1, 0.15) is 5.56 Å². The lowest BCUT2D eigenvalue weighted by Gasteiger charge is -2.04. The van der Waals surface area contributed by atoms with Crippen LogP contribution in [0.25, 0.3) is 0 Å². The van der Waals surface area contributed by atoms with Crippen LogP contribution >= 0.6 is 0 Å². The van der Waals surface area contributed by atoms with Gasteiger partial charge in [0.25, 0.3) is 0 Å². The van der Waals surface area contributed by atoms with Gasteiger partial charge in [0.1, 0.15) is 12.4 Å². The highest BCUT2D eigenvalue weighted by molar-refractivity contribution is 5.87. The molecule has 3 nitrogen and oxygen atoms in total. The predicted octanol–water partition coefficient (Wildman–Crippen LogP) is 1.69. The average Bonchev–Trinajstić information content (AvgIpc) is 2.24. The van der Waals surface area contributed by atoms with Gasteiger partial charge >= 0.3 is 5.97 Å². The molecule has 0 spiro atoms. The zero-order valence-corrected chi connectivity index (χ0v) is 8.06. The third-order valence-electron chi connectivity index (χ3n) is 1.55. The quantitative estimate of drug-likeness (QED) is 0.599. The monoisotopic (exact) mass is 202 g/mol. The number of rotatable bonds is 3. The summed E-state index contributed by atoms with van der Waals surface area (Å²) in [6.07, 6.45) is 1.61. The summed E-state index contributed by atoms with van der Waals surface area (Å²) in [6, 6.07) is 7.00. The summed E-state index contributed by atoms with van der Waals surface area (Å²) >= 11 is 0. The Kier molecular flexibility index (Phi) is 3.99. The van der Waals surface area contributed by atoms with E-state index >= 15 is 0 Å². The Morgan fingerprint density at radius 1 is 1.53 bits per heavy atom. The molecule has 0 fully saturated rings. The van der Waals surface area contributed by atoms with Gasteiger partial charge in [-0.1, -0.05) is 30.7 Å².